The molecule has 1 atom stereocenters. The molecular formula is C15H13F4N. The molecule has 0 fully saturated rings. The topological polar surface area (TPSA) is 26.0 Å². The van der Waals surface area contributed by atoms with Gasteiger partial charge in [-0.05, 0) is 41.8 Å². The largest absolute Gasteiger partial charge is 0.416 e. The predicted molar refractivity (Wildman–Crippen MR) is 68.5 cm³/mol. The van der Waals surface area contributed by atoms with Crippen LogP contribution in [0.5, 0.6) is 0 Å². The molecule has 106 valence electrons. The number of benzene rings is 2. The first-order chi connectivity index (χ1) is 9.36. The highest BCUT2D eigenvalue weighted by Crippen LogP contribution is 2.29. The van der Waals surface area contributed by atoms with Crippen molar-refractivity contribution in [3.8, 4) is 0 Å². The number of alkyl halides is 3. The summed E-state index contributed by atoms with van der Waals surface area (Å²) in [6.07, 6.45) is -3.94. The molecule has 0 amide bonds. The standard InChI is InChI=1S/C15H13F4N/c16-13-7-3-11(4-8-13)14(20)9-10-1-5-12(6-2-10)15(17,18)19/h1-8,14H,9,20H2. The minimum absolute atomic E-state index is 0.351. The van der Waals surface area contributed by atoms with Gasteiger partial charge in [-0.3, -0.25) is 0 Å². The van der Waals surface area contributed by atoms with E-state index in [0.29, 0.717) is 12.0 Å². The Balaban J connectivity index is 2.08. The molecule has 0 aromatic heterocycles. The van der Waals surface area contributed by atoms with Crippen molar-refractivity contribution < 1.29 is 17.6 Å². The molecule has 0 saturated carbocycles. The maximum Gasteiger partial charge on any atom is 0.416 e. The Morgan fingerprint density at radius 3 is 1.95 bits per heavy atom. The molecule has 2 N–H and O–H groups in total. The molecule has 5 heteroatoms. The zero-order chi connectivity index (χ0) is 14.8. The summed E-state index contributed by atoms with van der Waals surface area (Å²) >= 11 is 0. The normalized spacial score (nSPS) is 13.2. The van der Waals surface area contributed by atoms with Gasteiger partial charge in [0.25, 0.3) is 0 Å². The van der Waals surface area contributed by atoms with Gasteiger partial charge in [0.05, 0.1) is 5.56 Å². The zero-order valence-corrected chi connectivity index (χ0v) is 10.5. The SMILES string of the molecule is NC(Cc1ccc(C(F)(F)F)cc1)c1ccc(F)cc1. The molecule has 2 aromatic rings. The molecule has 0 aliphatic rings. The fraction of sp³-hybridized carbons (Fsp3) is 0.200. The molecule has 20 heavy (non-hydrogen) atoms. The Morgan fingerprint density at radius 1 is 0.900 bits per heavy atom. The van der Waals surface area contributed by atoms with Crippen LogP contribution in [0.3, 0.4) is 0 Å². The zero-order valence-electron chi connectivity index (χ0n) is 10.5. The van der Waals surface area contributed by atoms with E-state index in [4.69, 9.17) is 5.73 Å². The summed E-state index contributed by atoms with van der Waals surface area (Å²) in [6.45, 7) is 0. The monoisotopic (exact) mass is 283 g/mol. The van der Waals surface area contributed by atoms with Crippen molar-refractivity contribution in [2.24, 2.45) is 5.73 Å². The van der Waals surface area contributed by atoms with Crippen LogP contribution in [-0.4, -0.2) is 0 Å². The lowest BCUT2D eigenvalue weighted by atomic mass is 9.99. The van der Waals surface area contributed by atoms with Crippen molar-refractivity contribution in [2.45, 2.75) is 18.6 Å². The van der Waals surface area contributed by atoms with E-state index in [0.717, 1.165) is 17.7 Å². The van der Waals surface area contributed by atoms with Gasteiger partial charge in [0, 0.05) is 6.04 Å². The van der Waals surface area contributed by atoms with Crippen LogP contribution in [0, 0.1) is 5.82 Å². The van der Waals surface area contributed by atoms with Gasteiger partial charge in [0.1, 0.15) is 5.82 Å². The van der Waals surface area contributed by atoms with Crippen molar-refractivity contribution in [3.05, 3.63) is 71.0 Å². The maximum absolute atomic E-state index is 12.8. The summed E-state index contributed by atoms with van der Waals surface area (Å²) < 4.78 is 50.1. The van der Waals surface area contributed by atoms with Gasteiger partial charge in [0.2, 0.25) is 0 Å². The predicted octanol–water partition coefficient (Wildman–Crippen LogP) is 4.09. The van der Waals surface area contributed by atoms with Crippen molar-refractivity contribution >= 4 is 0 Å². The lowest BCUT2D eigenvalue weighted by Gasteiger charge is -2.13. The molecule has 2 aromatic carbocycles. The van der Waals surface area contributed by atoms with Crippen molar-refractivity contribution in [3.63, 3.8) is 0 Å². The summed E-state index contributed by atoms with van der Waals surface area (Å²) in [5.41, 5.74) is 6.72. The Kier molecular flexibility index (Phi) is 4.09. The lowest BCUT2D eigenvalue weighted by molar-refractivity contribution is -0.137. The average molecular weight is 283 g/mol. The van der Waals surface area contributed by atoms with Gasteiger partial charge < -0.3 is 5.73 Å². The molecule has 0 bridgehead atoms. The first-order valence-corrected chi connectivity index (χ1v) is 6.03. The molecular weight excluding hydrogens is 270 g/mol. The van der Waals surface area contributed by atoms with Crippen LogP contribution in [0.1, 0.15) is 22.7 Å². The number of rotatable bonds is 3. The van der Waals surface area contributed by atoms with E-state index in [-0.39, 0.29) is 11.9 Å². The van der Waals surface area contributed by atoms with Crippen LogP contribution < -0.4 is 5.73 Å². The van der Waals surface area contributed by atoms with Crippen molar-refractivity contribution in [1.82, 2.24) is 0 Å². The summed E-state index contributed by atoms with van der Waals surface area (Å²) in [4.78, 5) is 0. The number of hydrogen-bond donors (Lipinski definition) is 1. The Morgan fingerprint density at radius 2 is 1.45 bits per heavy atom. The van der Waals surface area contributed by atoms with E-state index in [9.17, 15) is 17.6 Å². The van der Waals surface area contributed by atoms with E-state index < -0.39 is 11.7 Å². The second-order valence-electron chi connectivity index (χ2n) is 4.56. The van der Waals surface area contributed by atoms with Gasteiger partial charge in [-0.15, -0.1) is 0 Å². The van der Waals surface area contributed by atoms with E-state index in [1.807, 2.05) is 0 Å². The number of halogens is 4. The fourth-order valence-electron chi connectivity index (χ4n) is 1.91. The number of hydrogen-bond acceptors (Lipinski definition) is 1. The fourth-order valence-corrected chi connectivity index (χ4v) is 1.91. The minimum atomic E-state index is -4.34. The van der Waals surface area contributed by atoms with Crippen LogP contribution in [0.4, 0.5) is 17.6 Å². The van der Waals surface area contributed by atoms with E-state index in [1.54, 1.807) is 12.1 Å². The molecule has 1 unspecified atom stereocenters. The highest BCUT2D eigenvalue weighted by molar-refractivity contribution is 5.27. The van der Waals surface area contributed by atoms with Crippen LogP contribution in [0.2, 0.25) is 0 Å². The van der Waals surface area contributed by atoms with E-state index in [2.05, 4.69) is 0 Å². The van der Waals surface area contributed by atoms with Crippen LogP contribution >= 0.6 is 0 Å². The second-order valence-corrected chi connectivity index (χ2v) is 4.56. The third-order valence-electron chi connectivity index (χ3n) is 3.04. The molecule has 2 rings (SSSR count). The first kappa shape index (κ1) is 14.5. The summed E-state index contributed by atoms with van der Waals surface area (Å²) in [7, 11) is 0. The third kappa shape index (κ3) is 3.57. The van der Waals surface area contributed by atoms with Gasteiger partial charge in [-0.2, -0.15) is 13.2 Å². The highest BCUT2D eigenvalue weighted by Gasteiger charge is 2.29. The van der Waals surface area contributed by atoms with Gasteiger partial charge >= 0.3 is 6.18 Å². The molecule has 0 heterocycles. The van der Waals surface area contributed by atoms with Gasteiger partial charge in [-0.25, -0.2) is 4.39 Å². The first-order valence-electron chi connectivity index (χ1n) is 6.03. The van der Waals surface area contributed by atoms with Crippen LogP contribution in [0.25, 0.3) is 0 Å². The van der Waals surface area contributed by atoms with Crippen molar-refractivity contribution in [2.75, 3.05) is 0 Å². The number of nitrogens with two attached hydrogens (primary N) is 1. The molecule has 0 aliphatic heterocycles. The highest BCUT2D eigenvalue weighted by atomic mass is 19.4. The molecule has 0 aliphatic carbocycles. The van der Waals surface area contributed by atoms with E-state index >= 15 is 0 Å². The molecule has 1 nitrogen and oxygen atoms in total. The summed E-state index contributed by atoms with van der Waals surface area (Å²) in [5.74, 6) is -0.351. The molecule has 0 spiro atoms. The minimum Gasteiger partial charge on any atom is -0.324 e. The quantitative estimate of drug-likeness (QED) is 0.844. The van der Waals surface area contributed by atoms with Crippen molar-refractivity contribution in [1.29, 1.82) is 0 Å². The second kappa shape index (κ2) is 5.63. The summed E-state index contributed by atoms with van der Waals surface area (Å²) in [5, 5.41) is 0. The Labute approximate surface area is 114 Å². The smallest absolute Gasteiger partial charge is 0.324 e. The third-order valence-corrected chi connectivity index (χ3v) is 3.04. The maximum atomic E-state index is 12.8. The molecule has 0 saturated heterocycles. The summed E-state index contributed by atoms with van der Waals surface area (Å²) in [6, 6.07) is 10.3. The average Bonchev–Trinajstić information content (AvgIpc) is 2.39. The van der Waals surface area contributed by atoms with Gasteiger partial charge in [-0.1, -0.05) is 24.3 Å². The Hall–Kier alpha value is -1.88. The van der Waals surface area contributed by atoms with Crippen LogP contribution in [-0.2, 0) is 12.6 Å². The van der Waals surface area contributed by atoms with Crippen LogP contribution in [0.15, 0.2) is 48.5 Å². The lowest BCUT2D eigenvalue weighted by Crippen LogP contribution is -2.13. The Bertz CT molecular complexity index is 558. The van der Waals surface area contributed by atoms with E-state index in [1.165, 1.54) is 24.3 Å². The molecule has 0 radical (unpaired) electrons. The van der Waals surface area contributed by atoms with Gasteiger partial charge in [0.15, 0.2) is 0 Å².